The number of nitrogens with one attached hydrogen (secondary N) is 1. The van der Waals surface area contributed by atoms with Crippen LogP contribution in [-0.4, -0.2) is 20.4 Å². The van der Waals surface area contributed by atoms with Crippen molar-refractivity contribution in [1.29, 1.82) is 0 Å². The lowest BCUT2D eigenvalue weighted by Gasteiger charge is -2.10. The first-order chi connectivity index (χ1) is 8.36. The Morgan fingerprint density at radius 2 is 2.06 bits per heavy atom. The predicted molar refractivity (Wildman–Crippen MR) is 64.2 cm³/mol. The highest BCUT2D eigenvalue weighted by molar-refractivity contribution is 5.82. The number of aromatic nitrogens is 4. The fraction of sp³-hybridized carbons (Fsp3) is 0.0833. The van der Waals surface area contributed by atoms with E-state index in [4.69, 9.17) is 5.73 Å². The van der Waals surface area contributed by atoms with Crippen molar-refractivity contribution in [2.24, 2.45) is 5.73 Å². The van der Waals surface area contributed by atoms with Crippen LogP contribution in [0.1, 0.15) is 17.3 Å². The topological polar surface area (TPSA) is 80.5 Å². The van der Waals surface area contributed by atoms with E-state index in [9.17, 15) is 0 Å². The molecular weight excluding hydrogens is 214 g/mol. The third-order valence-corrected chi connectivity index (χ3v) is 2.75. The number of pyridine rings is 1. The molecule has 5 nitrogen and oxygen atoms in total. The monoisotopic (exact) mass is 225 g/mol. The summed E-state index contributed by atoms with van der Waals surface area (Å²) in [6.07, 6.45) is 3.40. The van der Waals surface area contributed by atoms with E-state index in [-0.39, 0.29) is 6.04 Å². The fourth-order valence-electron chi connectivity index (χ4n) is 1.90. The summed E-state index contributed by atoms with van der Waals surface area (Å²) in [5.74, 6) is 0. The van der Waals surface area contributed by atoms with E-state index >= 15 is 0 Å². The van der Waals surface area contributed by atoms with Gasteiger partial charge in [-0.1, -0.05) is 24.3 Å². The molecule has 2 aromatic heterocycles. The lowest BCUT2D eigenvalue weighted by molar-refractivity contribution is 0.813. The van der Waals surface area contributed by atoms with Crippen LogP contribution in [0.3, 0.4) is 0 Å². The molecule has 1 unspecified atom stereocenters. The van der Waals surface area contributed by atoms with Crippen LogP contribution in [0.25, 0.3) is 10.9 Å². The van der Waals surface area contributed by atoms with Crippen molar-refractivity contribution in [1.82, 2.24) is 20.4 Å². The zero-order chi connectivity index (χ0) is 11.7. The van der Waals surface area contributed by atoms with Gasteiger partial charge in [0.1, 0.15) is 5.69 Å². The summed E-state index contributed by atoms with van der Waals surface area (Å²) in [7, 11) is 0. The van der Waals surface area contributed by atoms with Crippen molar-refractivity contribution in [3.05, 3.63) is 54.0 Å². The SMILES string of the molecule is NC(c1cn[nH]n1)c1cccc2cccnc12. The number of hydrogen-bond donors (Lipinski definition) is 2. The van der Waals surface area contributed by atoms with Gasteiger partial charge in [-0.05, 0) is 6.07 Å². The minimum Gasteiger partial charge on any atom is -0.319 e. The standard InChI is InChI=1S/C12H11N5/c13-11(10-7-15-17-16-10)9-5-1-3-8-4-2-6-14-12(8)9/h1-7,11H,13H2,(H,15,16,17). The summed E-state index contributed by atoms with van der Waals surface area (Å²) in [5.41, 5.74) is 8.74. The van der Waals surface area contributed by atoms with E-state index in [1.807, 2.05) is 30.3 Å². The predicted octanol–water partition coefficient (Wildman–Crippen LogP) is 1.40. The van der Waals surface area contributed by atoms with E-state index in [1.54, 1.807) is 12.4 Å². The molecular formula is C12H11N5. The van der Waals surface area contributed by atoms with E-state index in [0.29, 0.717) is 5.69 Å². The van der Waals surface area contributed by atoms with Crippen molar-refractivity contribution in [3.8, 4) is 0 Å². The summed E-state index contributed by atoms with van der Waals surface area (Å²) in [6.45, 7) is 0. The van der Waals surface area contributed by atoms with Gasteiger partial charge in [-0.2, -0.15) is 15.4 Å². The van der Waals surface area contributed by atoms with Gasteiger partial charge in [0.25, 0.3) is 0 Å². The van der Waals surface area contributed by atoms with Gasteiger partial charge in [0, 0.05) is 17.1 Å². The summed E-state index contributed by atoms with van der Waals surface area (Å²) in [6, 6.07) is 9.57. The van der Waals surface area contributed by atoms with Gasteiger partial charge in [-0.3, -0.25) is 4.98 Å². The minimum atomic E-state index is -0.313. The lowest BCUT2D eigenvalue weighted by Crippen LogP contribution is -2.13. The van der Waals surface area contributed by atoms with E-state index < -0.39 is 0 Å². The zero-order valence-electron chi connectivity index (χ0n) is 9.04. The first-order valence-electron chi connectivity index (χ1n) is 5.31. The van der Waals surface area contributed by atoms with Gasteiger partial charge in [0.15, 0.2) is 0 Å². The molecule has 3 aromatic rings. The Morgan fingerprint density at radius 1 is 1.18 bits per heavy atom. The Balaban J connectivity index is 2.17. The van der Waals surface area contributed by atoms with Crippen molar-refractivity contribution in [2.45, 2.75) is 6.04 Å². The number of aromatic amines is 1. The van der Waals surface area contributed by atoms with Crippen LogP contribution in [0.4, 0.5) is 0 Å². The van der Waals surface area contributed by atoms with Crippen molar-refractivity contribution in [2.75, 3.05) is 0 Å². The third kappa shape index (κ3) is 1.66. The molecule has 0 aliphatic heterocycles. The zero-order valence-corrected chi connectivity index (χ0v) is 9.04. The van der Waals surface area contributed by atoms with Crippen molar-refractivity contribution < 1.29 is 0 Å². The molecule has 0 bridgehead atoms. The molecule has 2 heterocycles. The molecule has 0 fully saturated rings. The Kier molecular flexibility index (Phi) is 2.31. The maximum Gasteiger partial charge on any atom is 0.104 e. The maximum absolute atomic E-state index is 6.16. The first-order valence-corrected chi connectivity index (χ1v) is 5.31. The van der Waals surface area contributed by atoms with Gasteiger partial charge in [-0.15, -0.1) is 0 Å². The molecule has 0 saturated carbocycles. The van der Waals surface area contributed by atoms with E-state index in [2.05, 4.69) is 20.4 Å². The Labute approximate surface area is 97.7 Å². The number of H-pyrrole nitrogens is 1. The summed E-state index contributed by atoms with van der Waals surface area (Å²) >= 11 is 0. The molecule has 84 valence electrons. The number of fused-ring (bicyclic) bond motifs is 1. The minimum absolute atomic E-state index is 0.313. The van der Waals surface area contributed by atoms with Crippen LogP contribution >= 0.6 is 0 Å². The second-order valence-electron chi connectivity index (χ2n) is 3.79. The van der Waals surface area contributed by atoms with Gasteiger partial charge in [0.2, 0.25) is 0 Å². The average molecular weight is 225 g/mol. The molecule has 0 saturated heterocycles. The van der Waals surface area contributed by atoms with Gasteiger partial charge < -0.3 is 5.73 Å². The summed E-state index contributed by atoms with van der Waals surface area (Å²) in [5, 5.41) is 11.4. The van der Waals surface area contributed by atoms with Crippen molar-refractivity contribution >= 4 is 10.9 Å². The number of nitrogens with two attached hydrogens (primary N) is 1. The molecule has 0 aliphatic carbocycles. The van der Waals surface area contributed by atoms with Crippen LogP contribution in [-0.2, 0) is 0 Å². The molecule has 0 spiro atoms. The van der Waals surface area contributed by atoms with Crippen LogP contribution < -0.4 is 5.73 Å². The average Bonchev–Trinajstić information content (AvgIpc) is 2.91. The second kappa shape index (κ2) is 3.95. The molecule has 0 amide bonds. The number of hydrogen-bond acceptors (Lipinski definition) is 4. The van der Waals surface area contributed by atoms with E-state index in [0.717, 1.165) is 16.5 Å². The summed E-state index contributed by atoms with van der Waals surface area (Å²) in [4.78, 5) is 4.37. The second-order valence-corrected chi connectivity index (χ2v) is 3.79. The lowest BCUT2D eigenvalue weighted by atomic mass is 10.0. The van der Waals surface area contributed by atoms with Crippen LogP contribution in [0, 0.1) is 0 Å². The van der Waals surface area contributed by atoms with E-state index in [1.165, 1.54) is 0 Å². The van der Waals surface area contributed by atoms with Gasteiger partial charge in [-0.25, -0.2) is 0 Å². The van der Waals surface area contributed by atoms with Crippen LogP contribution in [0.15, 0.2) is 42.7 Å². The molecule has 17 heavy (non-hydrogen) atoms. The summed E-state index contributed by atoms with van der Waals surface area (Å²) < 4.78 is 0. The highest BCUT2D eigenvalue weighted by Crippen LogP contribution is 2.24. The molecule has 0 radical (unpaired) electrons. The van der Waals surface area contributed by atoms with Crippen LogP contribution in [0.5, 0.6) is 0 Å². The highest BCUT2D eigenvalue weighted by Gasteiger charge is 2.14. The van der Waals surface area contributed by atoms with Crippen molar-refractivity contribution in [3.63, 3.8) is 0 Å². The molecule has 1 atom stereocenters. The smallest absolute Gasteiger partial charge is 0.104 e. The molecule has 3 N–H and O–H groups in total. The largest absolute Gasteiger partial charge is 0.319 e. The Hall–Kier alpha value is -2.27. The normalized spacial score (nSPS) is 12.8. The fourth-order valence-corrected chi connectivity index (χ4v) is 1.90. The number of rotatable bonds is 2. The van der Waals surface area contributed by atoms with Gasteiger partial charge in [0.05, 0.1) is 17.8 Å². The third-order valence-electron chi connectivity index (χ3n) is 2.75. The number of benzene rings is 1. The molecule has 0 aliphatic rings. The maximum atomic E-state index is 6.16. The number of para-hydroxylation sites is 1. The van der Waals surface area contributed by atoms with Gasteiger partial charge >= 0.3 is 0 Å². The highest BCUT2D eigenvalue weighted by atomic mass is 15.3. The number of nitrogens with zero attached hydrogens (tertiary/aromatic N) is 3. The molecule has 5 heteroatoms. The Bertz CT molecular complexity index is 627. The quantitative estimate of drug-likeness (QED) is 0.690. The molecule has 3 rings (SSSR count). The Morgan fingerprint density at radius 3 is 2.88 bits per heavy atom. The van der Waals surface area contributed by atoms with Crippen LogP contribution in [0.2, 0.25) is 0 Å². The molecule has 1 aromatic carbocycles. The first kappa shape index (κ1) is 9.92.